The summed E-state index contributed by atoms with van der Waals surface area (Å²) in [4.78, 5) is 38.8. The Bertz CT molecular complexity index is 1390. The molecule has 0 aromatic heterocycles. The van der Waals surface area contributed by atoms with Crippen LogP contribution in [0.25, 0.3) is 0 Å². The summed E-state index contributed by atoms with van der Waals surface area (Å²) in [5.41, 5.74) is 0.585. The second-order valence-electron chi connectivity index (χ2n) is 7.02. The minimum atomic E-state index is -0.820. The van der Waals surface area contributed by atoms with Gasteiger partial charge in [-0.25, -0.2) is 13.7 Å². The summed E-state index contributed by atoms with van der Waals surface area (Å²) in [7, 11) is 0. The molecule has 0 unspecified atom stereocenters. The van der Waals surface area contributed by atoms with Gasteiger partial charge in [0.15, 0.2) is 0 Å². The van der Waals surface area contributed by atoms with Crippen LogP contribution in [0.3, 0.4) is 0 Å². The average Bonchev–Trinajstić information content (AvgIpc) is 3.01. The van der Waals surface area contributed by atoms with Gasteiger partial charge in [0, 0.05) is 16.9 Å². The summed E-state index contributed by atoms with van der Waals surface area (Å²) in [6.07, 6.45) is 0. The normalized spacial score (nSPS) is 13.5. The maximum absolute atomic E-state index is 13.5. The minimum absolute atomic E-state index is 0.0439. The number of nitrogens with one attached hydrogen (secondary N) is 2. The number of nitrogens with zero attached hydrogens (tertiary/aromatic N) is 1. The third-order valence-electron chi connectivity index (χ3n) is 4.76. The Kier molecular flexibility index (Phi) is 6.56. The van der Waals surface area contributed by atoms with Gasteiger partial charge in [-0.3, -0.25) is 14.4 Å². The van der Waals surface area contributed by atoms with E-state index in [2.05, 4.69) is 10.6 Å². The molecule has 4 rings (SSSR count). The Morgan fingerprint density at radius 3 is 2.15 bits per heavy atom. The highest BCUT2D eigenvalue weighted by molar-refractivity contribution is 6.53. The molecule has 0 aliphatic carbocycles. The lowest BCUT2D eigenvalue weighted by Crippen LogP contribution is -2.32. The lowest BCUT2D eigenvalue weighted by atomic mass is 10.1. The zero-order valence-electron chi connectivity index (χ0n) is 16.8. The van der Waals surface area contributed by atoms with Crippen molar-refractivity contribution in [2.24, 2.45) is 0 Å². The molecule has 34 heavy (non-hydrogen) atoms. The van der Waals surface area contributed by atoms with E-state index in [0.29, 0.717) is 0 Å². The molecule has 0 fully saturated rings. The second kappa shape index (κ2) is 9.42. The molecule has 2 N–H and O–H groups in total. The van der Waals surface area contributed by atoms with Crippen LogP contribution in [0.5, 0.6) is 0 Å². The van der Waals surface area contributed by atoms with Crippen LogP contribution in [0.1, 0.15) is 10.4 Å². The molecule has 11 heteroatoms. The van der Waals surface area contributed by atoms with Gasteiger partial charge in [0.1, 0.15) is 22.4 Å². The first-order valence-corrected chi connectivity index (χ1v) is 10.7. The second-order valence-corrected chi connectivity index (χ2v) is 8.21. The van der Waals surface area contributed by atoms with Crippen molar-refractivity contribution in [3.8, 4) is 0 Å². The molecule has 3 aromatic carbocycles. The molecule has 1 aliphatic heterocycles. The molecule has 3 aromatic rings. The van der Waals surface area contributed by atoms with Gasteiger partial charge in [0.25, 0.3) is 17.7 Å². The Morgan fingerprint density at radius 2 is 1.47 bits per heavy atom. The fourth-order valence-electron chi connectivity index (χ4n) is 3.13. The highest BCUT2D eigenvalue weighted by atomic mass is 35.5. The van der Waals surface area contributed by atoms with Gasteiger partial charge in [-0.05, 0) is 54.6 Å². The van der Waals surface area contributed by atoms with Crippen LogP contribution in [0.4, 0.5) is 25.8 Å². The van der Waals surface area contributed by atoms with E-state index in [-0.39, 0.29) is 43.4 Å². The van der Waals surface area contributed by atoms with Gasteiger partial charge >= 0.3 is 0 Å². The van der Waals surface area contributed by atoms with Gasteiger partial charge in [-0.1, -0.05) is 40.9 Å². The predicted molar refractivity (Wildman–Crippen MR) is 126 cm³/mol. The van der Waals surface area contributed by atoms with Crippen LogP contribution in [0.15, 0.2) is 71.4 Å². The molecular weight excluding hydrogens is 511 g/mol. The van der Waals surface area contributed by atoms with Crippen molar-refractivity contribution < 1.29 is 23.2 Å². The van der Waals surface area contributed by atoms with Gasteiger partial charge < -0.3 is 10.6 Å². The van der Waals surface area contributed by atoms with E-state index in [4.69, 9.17) is 34.8 Å². The molecule has 0 atom stereocenters. The van der Waals surface area contributed by atoms with E-state index < -0.39 is 29.4 Å². The molecule has 0 bridgehead atoms. The van der Waals surface area contributed by atoms with E-state index in [0.717, 1.165) is 23.1 Å². The third-order valence-corrected chi connectivity index (χ3v) is 5.69. The van der Waals surface area contributed by atoms with Gasteiger partial charge in [-0.15, -0.1) is 0 Å². The summed E-state index contributed by atoms with van der Waals surface area (Å²) in [6, 6.07) is 13.1. The van der Waals surface area contributed by atoms with Crippen molar-refractivity contribution in [3.63, 3.8) is 0 Å². The first kappa shape index (κ1) is 23.7. The van der Waals surface area contributed by atoms with Crippen molar-refractivity contribution in [2.75, 3.05) is 15.5 Å². The first-order chi connectivity index (χ1) is 16.2. The van der Waals surface area contributed by atoms with E-state index in [1.807, 2.05) is 0 Å². The minimum Gasteiger partial charge on any atom is -0.350 e. The van der Waals surface area contributed by atoms with E-state index in [9.17, 15) is 23.2 Å². The number of carbonyl (C=O) groups is 3. The van der Waals surface area contributed by atoms with Crippen molar-refractivity contribution >= 4 is 69.6 Å². The van der Waals surface area contributed by atoms with Crippen molar-refractivity contribution in [1.82, 2.24) is 0 Å². The Hall–Kier alpha value is -3.46. The number of carbonyl (C=O) groups excluding carboxylic acids is 3. The zero-order valence-corrected chi connectivity index (χ0v) is 19.1. The number of benzene rings is 3. The van der Waals surface area contributed by atoms with Gasteiger partial charge in [-0.2, -0.15) is 0 Å². The van der Waals surface area contributed by atoms with Crippen LogP contribution in [-0.2, 0) is 9.59 Å². The third kappa shape index (κ3) is 4.61. The Labute approximate surface area is 206 Å². The molecular formula is C23H12Cl3F2N3O3. The van der Waals surface area contributed by atoms with Gasteiger partial charge in [0.05, 0.1) is 15.7 Å². The molecule has 1 heterocycles. The number of hydrogen-bond donors (Lipinski definition) is 2. The van der Waals surface area contributed by atoms with Crippen molar-refractivity contribution in [1.29, 1.82) is 0 Å². The summed E-state index contributed by atoms with van der Waals surface area (Å²) >= 11 is 17.6. The number of halogens is 5. The van der Waals surface area contributed by atoms with Crippen LogP contribution in [0.2, 0.25) is 10.0 Å². The lowest BCUT2D eigenvalue weighted by molar-refractivity contribution is -0.120. The summed E-state index contributed by atoms with van der Waals surface area (Å²) < 4.78 is 26.8. The average molecular weight is 523 g/mol. The van der Waals surface area contributed by atoms with E-state index in [1.54, 1.807) is 12.1 Å². The van der Waals surface area contributed by atoms with Crippen LogP contribution in [0, 0.1) is 11.6 Å². The molecule has 0 saturated heterocycles. The smallest absolute Gasteiger partial charge is 0.283 e. The van der Waals surface area contributed by atoms with Crippen LogP contribution >= 0.6 is 34.8 Å². The van der Waals surface area contributed by atoms with E-state index in [1.165, 1.54) is 30.3 Å². The topological polar surface area (TPSA) is 78.5 Å². The largest absolute Gasteiger partial charge is 0.350 e. The molecule has 0 spiro atoms. The Balaban J connectivity index is 1.54. The Morgan fingerprint density at radius 1 is 0.794 bits per heavy atom. The molecule has 1 aliphatic rings. The maximum atomic E-state index is 13.5. The molecule has 0 saturated carbocycles. The first-order valence-electron chi connectivity index (χ1n) is 9.53. The zero-order chi connectivity index (χ0) is 24.6. The molecule has 172 valence electrons. The monoisotopic (exact) mass is 521 g/mol. The number of hydrogen-bond acceptors (Lipinski definition) is 4. The van der Waals surface area contributed by atoms with Crippen molar-refractivity contribution in [2.45, 2.75) is 0 Å². The fourth-order valence-corrected chi connectivity index (χ4v) is 3.70. The summed E-state index contributed by atoms with van der Waals surface area (Å²) in [5.74, 6) is -3.46. The van der Waals surface area contributed by atoms with Crippen molar-refractivity contribution in [3.05, 3.63) is 98.6 Å². The summed E-state index contributed by atoms with van der Waals surface area (Å²) in [5, 5.41) is 4.53. The highest BCUT2D eigenvalue weighted by Gasteiger charge is 2.39. The SMILES string of the molecule is O=C(Nc1ccc(F)c(Cl)c1)c1cccc(NC2=C(Cl)C(=O)N(c3ccc(F)c(Cl)c3)C2=O)c1. The molecule has 0 radical (unpaired) electrons. The number of amides is 3. The van der Waals surface area contributed by atoms with Crippen LogP contribution in [-0.4, -0.2) is 17.7 Å². The molecule has 3 amide bonds. The fraction of sp³-hybridized carbons (Fsp3) is 0. The lowest BCUT2D eigenvalue weighted by Gasteiger charge is -2.15. The number of rotatable bonds is 5. The maximum Gasteiger partial charge on any atom is 0.283 e. The quantitative estimate of drug-likeness (QED) is 0.405. The summed E-state index contributed by atoms with van der Waals surface area (Å²) in [6.45, 7) is 0. The predicted octanol–water partition coefficient (Wildman–Crippen LogP) is 5.96. The number of anilines is 3. The van der Waals surface area contributed by atoms with Crippen LogP contribution < -0.4 is 15.5 Å². The number of imide groups is 1. The van der Waals surface area contributed by atoms with Gasteiger partial charge in [0.2, 0.25) is 0 Å². The highest BCUT2D eigenvalue weighted by Crippen LogP contribution is 2.32. The standard InChI is InChI=1S/C23H12Cl3F2N3O3/c24-15-9-13(4-6-17(15)27)30-21(32)11-2-1-3-12(8-11)29-20-19(26)22(33)31(23(20)34)14-5-7-18(28)16(25)10-14/h1-10,29H,(H,30,32). The molecule has 6 nitrogen and oxygen atoms in total. The van der Waals surface area contributed by atoms with E-state index >= 15 is 0 Å².